The number of halogens is 1. The molecule has 33 heavy (non-hydrogen) atoms. The van der Waals surface area contributed by atoms with Gasteiger partial charge in [-0.05, 0) is 81.4 Å². The van der Waals surface area contributed by atoms with E-state index in [1.165, 1.54) is 23.7 Å². The number of benzene rings is 1. The van der Waals surface area contributed by atoms with Gasteiger partial charge in [0.15, 0.2) is 5.78 Å². The number of aromatic nitrogens is 2. The number of hydrogen-bond donors (Lipinski definition) is 0. The number of rotatable bonds is 7. The van der Waals surface area contributed by atoms with Gasteiger partial charge in [-0.3, -0.25) is 14.4 Å². The van der Waals surface area contributed by atoms with E-state index in [0.29, 0.717) is 24.2 Å². The molecule has 2 heterocycles. The lowest BCUT2D eigenvalue weighted by molar-refractivity contribution is -0.142. The van der Waals surface area contributed by atoms with Crippen LogP contribution in [0.1, 0.15) is 59.8 Å². The zero-order chi connectivity index (χ0) is 23.4. The Morgan fingerprint density at radius 1 is 1.09 bits per heavy atom. The molecular weight excluding hydrogens is 425 g/mol. The van der Waals surface area contributed by atoms with E-state index in [1.54, 1.807) is 12.1 Å². The third kappa shape index (κ3) is 5.55. The molecule has 7 nitrogen and oxygen atoms in total. The summed E-state index contributed by atoms with van der Waals surface area (Å²) in [5.41, 5.74) is 2.81. The number of likely N-dealkylation sites (tertiary alicyclic amines) is 1. The van der Waals surface area contributed by atoms with Gasteiger partial charge >= 0.3 is 5.97 Å². The number of Topliss-reactive ketones (excluding diaryl/α,β-unsaturated/α-hetero) is 1. The molecule has 1 aliphatic carbocycles. The molecule has 1 aromatic heterocycles. The number of hydrogen-bond acceptors (Lipinski definition) is 6. The molecule has 2 aliphatic rings. The van der Waals surface area contributed by atoms with E-state index < -0.39 is 5.97 Å². The molecule has 0 radical (unpaired) electrons. The molecule has 4 rings (SSSR count). The number of aryl methyl sites for hydroxylation is 1. The summed E-state index contributed by atoms with van der Waals surface area (Å²) in [5, 5.41) is 4.63. The first-order valence-electron chi connectivity index (χ1n) is 11.7. The van der Waals surface area contributed by atoms with Gasteiger partial charge in [-0.15, -0.1) is 0 Å². The number of carbonyl (C=O) groups excluding carboxylic acids is 2. The summed E-state index contributed by atoms with van der Waals surface area (Å²) in [6.45, 7) is 3.98. The lowest BCUT2D eigenvalue weighted by atomic mass is 9.89. The molecule has 0 atom stereocenters. The highest BCUT2D eigenvalue weighted by Gasteiger charge is 2.26. The van der Waals surface area contributed by atoms with Gasteiger partial charge < -0.3 is 9.64 Å². The molecule has 8 heteroatoms. The zero-order valence-electron chi connectivity index (χ0n) is 19.0. The Bertz CT molecular complexity index is 1070. The van der Waals surface area contributed by atoms with Gasteiger partial charge in [0.05, 0.1) is 17.8 Å². The molecule has 1 saturated heterocycles. The molecule has 2 aromatic rings. The zero-order valence-corrected chi connectivity index (χ0v) is 19.0. The third-order valence-corrected chi connectivity index (χ3v) is 6.67. The average molecular weight is 456 g/mol. The molecule has 0 amide bonds. The lowest BCUT2D eigenvalue weighted by Crippen LogP contribution is -2.40. The van der Waals surface area contributed by atoms with Crippen molar-refractivity contribution >= 4 is 11.8 Å². The van der Waals surface area contributed by atoms with Crippen LogP contribution in [0.4, 0.5) is 4.39 Å². The van der Waals surface area contributed by atoms with E-state index in [1.807, 2.05) is 0 Å². The number of fused-ring (bicyclic) bond motifs is 1. The van der Waals surface area contributed by atoms with Crippen LogP contribution in [0.5, 0.6) is 0 Å². The SMILES string of the molecule is CC(=O)OCc1c2c(nn(CCN3CCC(C(=O)c4ccc(F)cc4)CC3)c1=O)CCCC2. The van der Waals surface area contributed by atoms with E-state index in [-0.39, 0.29) is 29.7 Å². The minimum Gasteiger partial charge on any atom is -0.461 e. The Morgan fingerprint density at radius 3 is 2.48 bits per heavy atom. The molecular formula is C25H30FN3O4. The van der Waals surface area contributed by atoms with Crippen LogP contribution in [0, 0.1) is 11.7 Å². The number of ether oxygens (including phenoxy) is 1. The minimum absolute atomic E-state index is 0.00406. The fourth-order valence-electron chi connectivity index (χ4n) is 4.78. The molecule has 0 unspecified atom stereocenters. The Hall–Kier alpha value is -2.87. The van der Waals surface area contributed by atoms with E-state index in [9.17, 15) is 18.8 Å². The second-order valence-electron chi connectivity index (χ2n) is 8.91. The number of esters is 1. The van der Waals surface area contributed by atoms with Gasteiger partial charge in [0.25, 0.3) is 5.56 Å². The number of carbonyl (C=O) groups is 2. The van der Waals surface area contributed by atoms with Crippen molar-refractivity contribution in [3.63, 3.8) is 0 Å². The molecule has 0 saturated carbocycles. The van der Waals surface area contributed by atoms with Crippen LogP contribution in [-0.2, 0) is 35.5 Å². The Balaban J connectivity index is 1.38. The molecule has 176 valence electrons. The highest BCUT2D eigenvalue weighted by molar-refractivity contribution is 5.97. The Kier molecular flexibility index (Phi) is 7.33. The largest absolute Gasteiger partial charge is 0.461 e. The topological polar surface area (TPSA) is 81.5 Å². The minimum atomic E-state index is -0.402. The fraction of sp³-hybridized carbons (Fsp3) is 0.520. The molecule has 0 N–H and O–H groups in total. The maximum Gasteiger partial charge on any atom is 0.302 e. The summed E-state index contributed by atoms with van der Waals surface area (Å²) in [4.78, 5) is 39.3. The van der Waals surface area contributed by atoms with Crippen LogP contribution in [0.25, 0.3) is 0 Å². The maximum absolute atomic E-state index is 13.1. The van der Waals surface area contributed by atoms with E-state index in [4.69, 9.17) is 4.74 Å². The van der Waals surface area contributed by atoms with Crippen molar-refractivity contribution in [3.05, 3.63) is 62.8 Å². The van der Waals surface area contributed by atoms with Crippen molar-refractivity contribution in [1.29, 1.82) is 0 Å². The quantitative estimate of drug-likeness (QED) is 0.472. The van der Waals surface area contributed by atoms with Crippen molar-refractivity contribution in [2.24, 2.45) is 5.92 Å². The van der Waals surface area contributed by atoms with E-state index in [0.717, 1.165) is 62.9 Å². The van der Waals surface area contributed by atoms with Gasteiger partial charge in [0.2, 0.25) is 0 Å². The van der Waals surface area contributed by atoms with Crippen LogP contribution in [0.2, 0.25) is 0 Å². The number of nitrogens with zero attached hydrogens (tertiary/aromatic N) is 3. The van der Waals surface area contributed by atoms with Crippen LogP contribution in [-0.4, -0.2) is 46.1 Å². The van der Waals surface area contributed by atoms with E-state index >= 15 is 0 Å². The first-order valence-corrected chi connectivity index (χ1v) is 11.7. The van der Waals surface area contributed by atoms with Crippen molar-refractivity contribution in [1.82, 2.24) is 14.7 Å². The summed E-state index contributed by atoms with van der Waals surface area (Å²) < 4.78 is 19.8. The fourth-order valence-corrected chi connectivity index (χ4v) is 4.78. The molecule has 1 aromatic carbocycles. The van der Waals surface area contributed by atoms with Crippen molar-refractivity contribution < 1.29 is 18.7 Å². The smallest absolute Gasteiger partial charge is 0.302 e. The normalized spacial score (nSPS) is 16.9. The lowest BCUT2D eigenvalue weighted by Gasteiger charge is -2.31. The number of piperidine rings is 1. The van der Waals surface area contributed by atoms with Gasteiger partial charge in [0.1, 0.15) is 12.4 Å². The summed E-state index contributed by atoms with van der Waals surface area (Å²) in [7, 11) is 0. The predicted molar refractivity (Wildman–Crippen MR) is 121 cm³/mol. The summed E-state index contributed by atoms with van der Waals surface area (Å²) in [6.07, 6.45) is 5.16. The monoisotopic (exact) mass is 455 g/mol. The summed E-state index contributed by atoms with van der Waals surface area (Å²) >= 11 is 0. The summed E-state index contributed by atoms with van der Waals surface area (Å²) in [5.74, 6) is -0.743. The number of ketones is 1. The van der Waals surface area contributed by atoms with Crippen molar-refractivity contribution in [2.45, 2.75) is 58.6 Å². The van der Waals surface area contributed by atoms with Crippen LogP contribution < -0.4 is 5.56 Å². The van der Waals surface area contributed by atoms with Crippen LogP contribution in [0.15, 0.2) is 29.1 Å². The van der Waals surface area contributed by atoms with Gasteiger partial charge in [-0.25, -0.2) is 9.07 Å². The first kappa shape index (κ1) is 23.3. The van der Waals surface area contributed by atoms with Crippen LogP contribution in [0.3, 0.4) is 0 Å². The maximum atomic E-state index is 13.1. The van der Waals surface area contributed by atoms with Gasteiger partial charge in [-0.2, -0.15) is 5.10 Å². The molecule has 1 fully saturated rings. The highest BCUT2D eigenvalue weighted by Crippen LogP contribution is 2.23. The van der Waals surface area contributed by atoms with Gasteiger partial charge in [-0.1, -0.05) is 0 Å². The Morgan fingerprint density at radius 2 is 1.79 bits per heavy atom. The van der Waals surface area contributed by atoms with Crippen molar-refractivity contribution in [2.75, 3.05) is 19.6 Å². The molecule has 0 bridgehead atoms. The highest BCUT2D eigenvalue weighted by atomic mass is 19.1. The predicted octanol–water partition coefficient (Wildman–Crippen LogP) is 2.92. The second kappa shape index (κ2) is 10.4. The third-order valence-electron chi connectivity index (χ3n) is 6.67. The van der Waals surface area contributed by atoms with Crippen molar-refractivity contribution in [3.8, 4) is 0 Å². The van der Waals surface area contributed by atoms with E-state index in [2.05, 4.69) is 10.00 Å². The average Bonchev–Trinajstić information content (AvgIpc) is 2.82. The molecule has 0 spiro atoms. The van der Waals surface area contributed by atoms with Gasteiger partial charge in [0, 0.05) is 24.9 Å². The second-order valence-corrected chi connectivity index (χ2v) is 8.91. The Labute approximate surface area is 192 Å². The summed E-state index contributed by atoms with van der Waals surface area (Å²) in [6, 6.07) is 5.74. The standard InChI is InChI=1S/C25H30FN3O4/c1-17(30)33-16-22-21-4-2-3-5-23(21)27-29(25(22)32)15-14-28-12-10-19(11-13-28)24(31)18-6-8-20(26)9-7-18/h6-9,19H,2-5,10-16H2,1H3. The molecule has 1 aliphatic heterocycles. The first-order chi connectivity index (χ1) is 15.9. The van der Waals surface area contributed by atoms with Crippen LogP contribution >= 0.6 is 0 Å².